The molecule has 5 heteroatoms. The molecule has 69 heavy (non-hydrogen) atoms. The van der Waals surface area contributed by atoms with Gasteiger partial charge in [-0.15, -0.1) is 11.3 Å². The molecule has 0 fully saturated rings. The summed E-state index contributed by atoms with van der Waals surface area (Å²) < 4.78 is 11.3. The predicted molar refractivity (Wildman–Crippen MR) is 289 cm³/mol. The smallest absolute Gasteiger partial charge is 0.160 e. The van der Waals surface area contributed by atoms with Gasteiger partial charge in [-0.2, -0.15) is 0 Å². The maximum absolute atomic E-state index is 6.41. The summed E-state index contributed by atoms with van der Waals surface area (Å²) in [7, 11) is 0. The Morgan fingerprint density at radius 2 is 0.870 bits per heavy atom. The Kier molecular flexibility index (Phi) is 9.04. The van der Waals surface area contributed by atoms with Crippen molar-refractivity contribution < 1.29 is 4.42 Å². The molecule has 0 aliphatic carbocycles. The second-order valence-corrected chi connectivity index (χ2v) is 18.7. The number of fused-ring (bicyclic) bond motifs is 9. The van der Waals surface area contributed by atoms with Crippen LogP contribution in [0.2, 0.25) is 0 Å². The Labute approximate surface area is 401 Å². The van der Waals surface area contributed by atoms with Gasteiger partial charge < -0.3 is 8.98 Å². The van der Waals surface area contributed by atoms with E-state index in [0.717, 1.165) is 72.4 Å². The second-order valence-electron chi connectivity index (χ2n) is 17.7. The van der Waals surface area contributed by atoms with E-state index in [9.17, 15) is 0 Å². The monoisotopic (exact) mass is 897 g/mol. The molecule has 0 bridgehead atoms. The van der Waals surface area contributed by atoms with E-state index in [4.69, 9.17) is 14.4 Å². The first kappa shape index (κ1) is 39.3. The third-order valence-corrected chi connectivity index (χ3v) is 14.9. The van der Waals surface area contributed by atoms with Crippen LogP contribution in [0.15, 0.2) is 241 Å². The highest BCUT2D eigenvalue weighted by Crippen LogP contribution is 2.46. The van der Waals surface area contributed by atoms with E-state index in [-0.39, 0.29) is 0 Å². The third-order valence-electron chi connectivity index (χ3n) is 13.7. The van der Waals surface area contributed by atoms with Crippen molar-refractivity contribution in [2.24, 2.45) is 0 Å². The number of rotatable bonds is 7. The van der Waals surface area contributed by atoms with E-state index in [1.54, 1.807) is 0 Å². The van der Waals surface area contributed by atoms with Crippen LogP contribution in [0.4, 0.5) is 0 Å². The fourth-order valence-electron chi connectivity index (χ4n) is 10.3. The Hall–Kier alpha value is -8.90. The van der Waals surface area contributed by atoms with Crippen molar-refractivity contribution in [2.75, 3.05) is 0 Å². The van der Waals surface area contributed by atoms with Crippen LogP contribution in [0, 0.1) is 0 Å². The number of nitrogens with zero attached hydrogens (tertiary/aromatic N) is 3. The van der Waals surface area contributed by atoms with Crippen molar-refractivity contribution in [1.29, 1.82) is 0 Å². The maximum Gasteiger partial charge on any atom is 0.160 e. The summed E-state index contributed by atoms with van der Waals surface area (Å²) in [6.45, 7) is 0. The predicted octanol–water partition coefficient (Wildman–Crippen LogP) is 17.8. The zero-order valence-corrected chi connectivity index (χ0v) is 38.0. The molecule has 4 nitrogen and oxygen atoms in total. The normalized spacial score (nSPS) is 11.8. The number of hydrogen-bond acceptors (Lipinski definition) is 4. The fraction of sp³-hybridized carbons (Fsp3) is 0. The molecule has 0 saturated heterocycles. The van der Waals surface area contributed by atoms with E-state index in [1.165, 1.54) is 58.7 Å². The Morgan fingerprint density at radius 3 is 1.61 bits per heavy atom. The van der Waals surface area contributed by atoms with Gasteiger partial charge in [0, 0.05) is 69.7 Å². The van der Waals surface area contributed by atoms with Crippen molar-refractivity contribution in [1.82, 2.24) is 14.5 Å². The molecule has 14 aromatic rings. The van der Waals surface area contributed by atoms with Crippen LogP contribution in [0.25, 0.3) is 137 Å². The summed E-state index contributed by atoms with van der Waals surface area (Å²) >= 11 is 1.85. The highest BCUT2D eigenvalue weighted by molar-refractivity contribution is 7.26. The van der Waals surface area contributed by atoms with Gasteiger partial charge >= 0.3 is 0 Å². The molecule has 322 valence electrons. The molecule has 0 atom stereocenters. The van der Waals surface area contributed by atoms with Gasteiger partial charge in [0.05, 0.1) is 22.4 Å². The molecule has 14 rings (SSSR count). The number of aromatic nitrogens is 3. The highest BCUT2D eigenvalue weighted by atomic mass is 32.1. The Balaban J connectivity index is 0.902. The van der Waals surface area contributed by atoms with Crippen LogP contribution in [0.1, 0.15) is 0 Å². The second kappa shape index (κ2) is 15.9. The quantitative estimate of drug-likeness (QED) is 0.160. The van der Waals surface area contributed by atoms with Crippen molar-refractivity contribution in [2.45, 2.75) is 0 Å². The van der Waals surface area contributed by atoms with E-state index >= 15 is 0 Å². The van der Waals surface area contributed by atoms with E-state index < -0.39 is 0 Å². The lowest BCUT2D eigenvalue weighted by Crippen LogP contribution is -1.95. The van der Waals surface area contributed by atoms with Crippen molar-refractivity contribution in [3.8, 4) is 73.0 Å². The van der Waals surface area contributed by atoms with Gasteiger partial charge in [-0.05, 0) is 76.3 Å². The number of furan rings is 1. The van der Waals surface area contributed by atoms with Gasteiger partial charge in [0.2, 0.25) is 0 Å². The van der Waals surface area contributed by atoms with E-state index in [2.05, 4.69) is 205 Å². The summed E-state index contributed by atoms with van der Waals surface area (Å²) in [6.07, 6.45) is 0. The summed E-state index contributed by atoms with van der Waals surface area (Å²) in [5.74, 6) is 0.714. The Morgan fingerprint density at radius 1 is 0.333 bits per heavy atom. The van der Waals surface area contributed by atoms with Gasteiger partial charge in [-0.25, -0.2) is 9.97 Å². The SMILES string of the molecule is c1ccc(-c2cc(-c3cccc4c3sc3c(-c5ccc6c(c5)c5cc(-c7ccc(-c8cccc9c8oc8ccccc89)cc7)ccc5n6-c5ccccc5)cccc34)nc(-c3ccccc3)n2)cc1. The summed E-state index contributed by atoms with van der Waals surface area (Å²) in [6, 6.07) is 84.4. The molecule has 4 aromatic heterocycles. The lowest BCUT2D eigenvalue weighted by atomic mass is 9.97. The van der Waals surface area contributed by atoms with Crippen LogP contribution >= 0.6 is 11.3 Å². The van der Waals surface area contributed by atoms with Gasteiger partial charge in [0.25, 0.3) is 0 Å². The largest absolute Gasteiger partial charge is 0.455 e. The molecule has 0 aliphatic rings. The average Bonchev–Trinajstić information content (AvgIpc) is 4.11. The third kappa shape index (κ3) is 6.51. The van der Waals surface area contributed by atoms with Gasteiger partial charge in [-0.1, -0.05) is 188 Å². The van der Waals surface area contributed by atoms with E-state index in [1.807, 2.05) is 47.7 Å². The van der Waals surface area contributed by atoms with Crippen molar-refractivity contribution in [3.05, 3.63) is 237 Å². The van der Waals surface area contributed by atoms with Crippen LogP contribution in [0.3, 0.4) is 0 Å². The fourth-order valence-corrected chi connectivity index (χ4v) is 11.7. The zero-order valence-electron chi connectivity index (χ0n) is 37.2. The van der Waals surface area contributed by atoms with Crippen molar-refractivity contribution >= 4 is 75.3 Å². The first-order valence-corrected chi connectivity index (χ1v) is 24.1. The maximum atomic E-state index is 6.41. The number of hydrogen-bond donors (Lipinski definition) is 0. The van der Waals surface area contributed by atoms with Crippen LogP contribution in [0.5, 0.6) is 0 Å². The molecule has 0 unspecified atom stereocenters. The number of para-hydroxylation sites is 3. The molecule has 0 spiro atoms. The molecule has 0 aliphatic heterocycles. The molecular formula is C64H39N3OS. The average molecular weight is 898 g/mol. The lowest BCUT2D eigenvalue weighted by molar-refractivity contribution is 0.670. The summed E-state index contributed by atoms with van der Waals surface area (Å²) in [5, 5.41) is 7.16. The summed E-state index contributed by atoms with van der Waals surface area (Å²) in [4.78, 5) is 10.3. The van der Waals surface area contributed by atoms with Crippen LogP contribution in [-0.2, 0) is 0 Å². The molecule has 0 amide bonds. The minimum absolute atomic E-state index is 0.714. The molecule has 0 N–H and O–H groups in total. The molecular weight excluding hydrogens is 859 g/mol. The van der Waals surface area contributed by atoms with Crippen LogP contribution < -0.4 is 0 Å². The van der Waals surface area contributed by atoms with Crippen molar-refractivity contribution in [3.63, 3.8) is 0 Å². The minimum atomic E-state index is 0.714. The first-order valence-electron chi connectivity index (χ1n) is 23.3. The summed E-state index contributed by atoms with van der Waals surface area (Å²) in [5.41, 5.74) is 17.2. The van der Waals surface area contributed by atoms with Gasteiger partial charge in [0.1, 0.15) is 11.2 Å². The van der Waals surface area contributed by atoms with Crippen LogP contribution in [-0.4, -0.2) is 14.5 Å². The lowest BCUT2D eigenvalue weighted by Gasteiger charge is -2.10. The number of benzene rings is 10. The standard InChI is InChI=1S/C64H39N3OS/c1-4-15-42(16-5-1)56-39-57(66-64(65-56)43-17-6-2-7-18-43)53-27-14-26-52-51-25-13-23-48(62(51)69-63(52)53)45-34-36-59-55(38-45)54-37-44(33-35-58(54)67(59)46-19-8-3-9-20-46)40-29-31-41(32-30-40)47-22-12-24-50-49-21-10-11-28-60(49)68-61(47)50/h1-39H. The first-order chi connectivity index (χ1) is 34.2. The zero-order chi connectivity index (χ0) is 45.4. The number of thiophene rings is 1. The molecule has 0 radical (unpaired) electrons. The van der Waals surface area contributed by atoms with Gasteiger partial charge in [0.15, 0.2) is 5.82 Å². The van der Waals surface area contributed by atoms with Gasteiger partial charge in [-0.3, -0.25) is 0 Å². The minimum Gasteiger partial charge on any atom is -0.455 e. The molecule has 10 aromatic carbocycles. The Bertz CT molecular complexity index is 4230. The molecule has 4 heterocycles. The van der Waals surface area contributed by atoms with E-state index in [0.29, 0.717) is 5.82 Å². The highest BCUT2D eigenvalue weighted by Gasteiger charge is 2.20. The topological polar surface area (TPSA) is 43.9 Å². The molecule has 0 saturated carbocycles.